The number of hydrogen-bond donors (Lipinski definition) is 0. The van der Waals surface area contributed by atoms with Gasteiger partial charge in [-0.05, 0) is 42.3 Å². The standard InChI is InChI=1S/C15H10F2INS.C2H6/c1-9-8-19(20-18)14-6-5-10(7-11(9)14)15-12(16)3-2-4-13(15)17;1-2/h2-8H,1H3;1-2H3. The molecule has 0 spiro atoms. The van der Waals surface area contributed by atoms with Crippen LogP contribution in [0.3, 0.4) is 0 Å². The molecule has 3 aromatic rings. The van der Waals surface area contributed by atoms with E-state index in [0.717, 1.165) is 16.5 Å². The van der Waals surface area contributed by atoms with Crippen LogP contribution < -0.4 is 0 Å². The Morgan fingerprint density at radius 1 is 1.05 bits per heavy atom. The van der Waals surface area contributed by atoms with Gasteiger partial charge >= 0.3 is 0 Å². The van der Waals surface area contributed by atoms with Crippen molar-refractivity contribution in [1.82, 2.24) is 3.97 Å². The molecule has 0 unspecified atom stereocenters. The molecule has 0 bridgehead atoms. The highest BCUT2D eigenvalue weighted by atomic mass is 127. The predicted octanol–water partition coefficient (Wildman–Crippen LogP) is 6.77. The van der Waals surface area contributed by atoms with Crippen molar-refractivity contribution in [2.24, 2.45) is 0 Å². The van der Waals surface area contributed by atoms with Crippen LogP contribution in [0.25, 0.3) is 22.0 Å². The summed E-state index contributed by atoms with van der Waals surface area (Å²) in [5.74, 6) is -1.07. The summed E-state index contributed by atoms with van der Waals surface area (Å²) in [6, 6.07) is 9.43. The third kappa shape index (κ3) is 3.15. The maximum absolute atomic E-state index is 13.9. The largest absolute Gasteiger partial charge is 0.282 e. The van der Waals surface area contributed by atoms with Crippen LogP contribution in [-0.4, -0.2) is 3.97 Å². The average molecular weight is 431 g/mol. The number of aromatic nitrogens is 1. The molecule has 0 aliphatic rings. The lowest BCUT2D eigenvalue weighted by molar-refractivity contribution is 0.589. The van der Waals surface area contributed by atoms with Crippen LogP contribution in [0.1, 0.15) is 19.4 Å². The van der Waals surface area contributed by atoms with Gasteiger partial charge in [-0.2, -0.15) is 0 Å². The molecule has 0 aliphatic heterocycles. The van der Waals surface area contributed by atoms with E-state index in [1.807, 2.05) is 43.1 Å². The molecule has 3 rings (SSSR count). The van der Waals surface area contributed by atoms with Gasteiger partial charge < -0.3 is 0 Å². The van der Waals surface area contributed by atoms with E-state index >= 15 is 0 Å². The third-order valence-corrected chi connectivity index (χ3v) is 5.02. The van der Waals surface area contributed by atoms with E-state index in [2.05, 4.69) is 21.2 Å². The van der Waals surface area contributed by atoms with Crippen molar-refractivity contribution in [1.29, 1.82) is 0 Å². The lowest BCUT2D eigenvalue weighted by Crippen LogP contribution is -1.89. The van der Waals surface area contributed by atoms with Crippen LogP contribution in [0.2, 0.25) is 0 Å². The SMILES string of the molecule is CC.Cc1cn(SI)c2ccc(-c3c(F)cccc3F)cc12. The molecule has 22 heavy (non-hydrogen) atoms. The first-order valence-electron chi connectivity index (χ1n) is 6.97. The van der Waals surface area contributed by atoms with Crippen molar-refractivity contribution < 1.29 is 8.78 Å². The van der Waals surface area contributed by atoms with Crippen molar-refractivity contribution in [3.63, 3.8) is 0 Å². The monoisotopic (exact) mass is 431 g/mol. The fourth-order valence-corrected chi connectivity index (χ4v) is 3.75. The lowest BCUT2D eigenvalue weighted by atomic mass is 10.0. The number of rotatable bonds is 2. The Bertz CT molecular complexity index is 778. The van der Waals surface area contributed by atoms with Gasteiger partial charge in [0.2, 0.25) is 0 Å². The van der Waals surface area contributed by atoms with Crippen LogP contribution in [0, 0.1) is 18.6 Å². The van der Waals surface area contributed by atoms with E-state index in [0.29, 0.717) is 5.56 Å². The summed E-state index contributed by atoms with van der Waals surface area (Å²) in [6.45, 7) is 5.99. The Kier molecular flexibility index (Phi) is 5.86. The quantitative estimate of drug-likeness (QED) is 0.406. The molecule has 0 N–H and O–H groups in total. The molecular weight excluding hydrogens is 415 g/mol. The van der Waals surface area contributed by atoms with E-state index in [1.165, 1.54) is 18.2 Å². The van der Waals surface area contributed by atoms with Gasteiger partial charge in [0, 0.05) is 41.9 Å². The zero-order valence-corrected chi connectivity index (χ0v) is 15.5. The first-order chi connectivity index (χ1) is 10.6. The first-order valence-corrected chi connectivity index (χ1v) is 10.3. The summed E-state index contributed by atoms with van der Waals surface area (Å²) < 4.78 is 29.7. The minimum absolute atomic E-state index is 0.0312. The molecule has 0 atom stereocenters. The molecule has 1 heterocycles. The molecular formula is C17H16F2INS. The van der Waals surface area contributed by atoms with Gasteiger partial charge in [-0.1, -0.05) is 26.0 Å². The average Bonchev–Trinajstić information content (AvgIpc) is 2.85. The molecule has 0 fully saturated rings. The van der Waals surface area contributed by atoms with Crippen molar-refractivity contribution >= 4 is 41.2 Å². The third-order valence-electron chi connectivity index (χ3n) is 3.30. The molecule has 5 heteroatoms. The van der Waals surface area contributed by atoms with Crippen molar-refractivity contribution in [3.05, 3.63) is 59.8 Å². The number of hydrogen-bond acceptors (Lipinski definition) is 1. The Morgan fingerprint density at radius 2 is 1.68 bits per heavy atom. The summed E-state index contributed by atoms with van der Waals surface area (Å²) in [5.41, 5.74) is 2.72. The van der Waals surface area contributed by atoms with Crippen molar-refractivity contribution in [2.75, 3.05) is 0 Å². The molecule has 0 radical (unpaired) electrons. The van der Waals surface area contributed by atoms with Gasteiger partial charge in [0.05, 0.1) is 11.1 Å². The minimum Gasteiger partial charge on any atom is -0.282 e. The highest BCUT2D eigenvalue weighted by Gasteiger charge is 2.13. The Hall–Kier alpha value is -1.08. The van der Waals surface area contributed by atoms with Crippen LogP contribution in [0.15, 0.2) is 42.6 Å². The van der Waals surface area contributed by atoms with Crippen molar-refractivity contribution in [3.8, 4) is 11.1 Å². The minimum atomic E-state index is -0.537. The smallest absolute Gasteiger partial charge is 0.133 e. The van der Waals surface area contributed by atoms with Gasteiger partial charge in [-0.25, -0.2) is 8.78 Å². The maximum Gasteiger partial charge on any atom is 0.133 e. The summed E-state index contributed by atoms with van der Waals surface area (Å²) in [4.78, 5) is 0. The highest BCUT2D eigenvalue weighted by Crippen LogP contribution is 2.33. The Labute approximate surface area is 145 Å². The second-order valence-corrected chi connectivity index (χ2v) is 6.25. The highest BCUT2D eigenvalue weighted by molar-refractivity contribution is 14.2. The van der Waals surface area contributed by atoms with E-state index in [-0.39, 0.29) is 5.56 Å². The summed E-state index contributed by atoms with van der Waals surface area (Å²) in [6.07, 6.45) is 2.02. The summed E-state index contributed by atoms with van der Waals surface area (Å²) in [5, 5.41) is 1.01. The van der Waals surface area contributed by atoms with E-state index in [4.69, 9.17) is 0 Å². The van der Waals surface area contributed by atoms with Crippen LogP contribution >= 0.6 is 30.3 Å². The fourth-order valence-electron chi connectivity index (χ4n) is 2.35. The normalized spacial score (nSPS) is 10.5. The zero-order valence-electron chi connectivity index (χ0n) is 12.5. The molecule has 0 saturated carbocycles. The molecule has 0 amide bonds. The topological polar surface area (TPSA) is 4.93 Å². The molecule has 2 aromatic carbocycles. The Balaban J connectivity index is 0.000000847. The molecule has 116 valence electrons. The van der Waals surface area contributed by atoms with Gasteiger partial charge in [0.15, 0.2) is 0 Å². The number of fused-ring (bicyclic) bond motifs is 1. The maximum atomic E-state index is 13.9. The second-order valence-electron chi connectivity index (χ2n) is 4.54. The summed E-state index contributed by atoms with van der Waals surface area (Å²) >= 11 is 2.21. The van der Waals surface area contributed by atoms with Crippen LogP contribution in [0.5, 0.6) is 0 Å². The van der Waals surface area contributed by atoms with Crippen molar-refractivity contribution in [2.45, 2.75) is 20.8 Å². The predicted molar refractivity (Wildman–Crippen MR) is 100 cm³/mol. The van der Waals surface area contributed by atoms with E-state index < -0.39 is 11.6 Å². The molecule has 1 nitrogen and oxygen atoms in total. The second kappa shape index (κ2) is 7.46. The zero-order chi connectivity index (χ0) is 16.3. The number of halogens is 3. The van der Waals surface area contributed by atoms with E-state index in [9.17, 15) is 8.78 Å². The molecule has 0 aliphatic carbocycles. The Morgan fingerprint density at radius 3 is 2.27 bits per heavy atom. The van der Waals surface area contributed by atoms with E-state index in [1.54, 1.807) is 15.2 Å². The van der Waals surface area contributed by atoms with Gasteiger partial charge in [0.25, 0.3) is 0 Å². The first kappa shape index (κ1) is 17.3. The van der Waals surface area contributed by atoms with Gasteiger partial charge in [0.1, 0.15) is 11.6 Å². The summed E-state index contributed by atoms with van der Waals surface area (Å²) in [7, 11) is 1.57. The molecule has 0 saturated heterocycles. The fraction of sp³-hybridized carbons (Fsp3) is 0.176. The molecule has 1 aromatic heterocycles. The number of aryl methyl sites for hydroxylation is 1. The number of benzene rings is 2. The lowest BCUT2D eigenvalue weighted by Gasteiger charge is -2.06. The van der Waals surface area contributed by atoms with Crippen LogP contribution in [0.4, 0.5) is 8.78 Å². The van der Waals surface area contributed by atoms with Gasteiger partial charge in [-0.3, -0.25) is 3.97 Å². The van der Waals surface area contributed by atoms with Crippen LogP contribution in [-0.2, 0) is 0 Å². The van der Waals surface area contributed by atoms with Gasteiger partial charge in [-0.15, -0.1) is 0 Å². The number of nitrogens with zero attached hydrogens (tertiary/aromatic N) is 1.